The van der Waals surface area contributed by atoms with E-state index in [1.165, 1.54) is 0 Å². The molecule has 0 aliphatic rings. The number of carbonyl (C=O) groups excluding carboxylic acids is 1. The SMILES string of the molecule is Cc1ccccc1C(=O)N[C@@H](C)CO. The third-order valence-electron chi connectivity index (χ3n) is 2.04. The standard InChI is InChI=1S/C11H15NO2/c1-8-5-3-4-6-10(8)11(14)12-9(2)7-13/h3-6,9,13H,7H2,1-2H3,(H,12,14)/t9-/m0/s1. The topological polar surface area (TPSA) is 49.3 Å². The van der Waals surface area contributed by atoms with Crippen LogP contribution in [0.15, 0.2) is 24.3 Å². The average Bonchev–Trinajstić information content (AvgIpc) is 2.18. The number of aryl methyl sites for hydroxylation is 1. The second-order valence-corrected chi connectivity index (χ2v) is 3.37. The monoisotopic (exact) mass is 193 g/mol. The van der Waals surface area contributed by atoms with Crippen LogP contribution in [0.2, 0.25) is 0 Å². The molecule has 76 valence electrons. The zero-order valence-electron chi connectivity index (χ0n) is 8.45. The molecule has 0 spiro atoms. The molecule has 1 amide bonds. The van der Waals surface area contributed by atoms with E-state index in [1.807, 2.05) is 25.1 Å². The molecule has 1 aromatic carbocycles. The van der Waals surface area contributed by atoms with E-state index in [2.05, 4.69) is 5.32 Å². The molecule has 0 heterocycles. The Labute approximate surface area is 83.8 Å². The van der Waals surface area contributed by atoms with Crippen molar-refractivity contribution < 1.29 is 9.90 Å². The van der Waals surface area contributed by atoms with E-state index in [0.717, 1.165) is 5.56 Å². The number of amides is 1. The molecule has 3 nitrogen and oxygen atoms in total. The zero-order valence-corrected chi connectivity index (χ0v) is 8.45. The van der Waals surface area contributed by atoms with Gasteiger partial charge in [0.05, 0.1) is 6.61 Å². The van der Waals surface area contributed by atoms with E-state index >= 15 is 0 Å². The highest BCUT2D eigenvalue weighted by atomic mass is 16.3. The van der Waals surface area contributed by atoms with Crippen LogP contribution in [-0.2, 0) is 0 Å². The van der Waals surface area contributed by atoms with Crippen molar-refractivity contribution in [3.05, 3.63) is 35.4 Å². The minimum atomic E-state index is -0.206. The Morgan fingerprint density at radius 3 is 2.71 bits per heavy atom. The van der Waals surface area contributed by atoms with Crippen molar-refractivity contribution in [2.75, 3.05) is 6.61 Å². The fourth-order valence-corrected chi connectivity index (χ4v) is 1.17. The van der Waals surface area contributed by atoms with Crippen LogP contribution in [0, 0.1) is 6.92 Å². The highest BCUT2D eigenvalue weighted by molar-refractivity contribution is 5.95. The smallest absolute Gasteiger partial charge is 0.251 e. The van der Waals surface area contributed by atoms with Crippen molar-refractivity contribution in [2.45, 2.75) is 19.9 Å². The van der Waals surface area contributed by atoms with E-state index in [9.17, 15) is 4.79 Å². The van der Waals surface area contributed by atoms with Crippen molar-refractivity contribution in [3.8, 4) is 0 Å². The number of nitrogens with one attached hydrogen (secondary N) is 1. The highest BCUT2D eigenvalue weighted by Gasteiger charge is 2.10. The van der Waals surface area contributed by atoms with Gasteiger partial charge in [-0.05, 0) is 25.5 Å². The first-order chi connectivity index (χ1) is 6.65. The third kappa shape index (κ3) is 2.57. The minimum Gasteiger partial charge on any atom is -0.394 e. The summed E-state index contributed by atoms with van der Waals surface area (Å²) >= 11 is 0. The molecule has 14 heavy (non-hydrogen) atoms. The summed E-state index contributed by atoms with van der Waals surface area (Å²) in [6.07, 6.45) is 0. The molecule has 1 rings (SSSR count). The average molecular weight is 193 g/mol. The molecule has 0 aromatic heterocycles. The summed E-state index contributed by atoms with van der Waals surface area (Å²) in [5.41, 5.74) is 1.60. The van der Waals surface area contributed by atoms with Gasteiger partial charge in [-0.3, -0.25) is 4.79 Å². The van der Waals surface area contributed by atoms with Gasteiger partial charge in [0, 0.05) is 11.6 Å². The van der Waals surface area contributed by atoms with Crippen LogP contribution >= 0.6 is 0 Å². The molecule has 0 fully saturated rings. The van der Waals surface area contributed by atoms with Gasteiger partial charge in [-0.2, -0.15) is 0 Å². The van der Waals surface area contributed by atoms with Crippen LogP contribution in [0.4, 0.5) is 0 Å². The van der Waals surface area contributed by atoms with Gasteiger partial charge in [-0.1, -0.05) is 18.2 Å². The van der Waals surface area contributed by atoms with Gasteiger partial charge >= 0.3 is 0 Å². The second kappa shape index (κ2) is 4.77. The lowest BCUT2D eigenvalue weighted by molar-refractivity contribution is 0.0921. The lowest BCUT2D eigenvalue weighted by Crippen LogP contribution is -2.35. The van der Waals surface area contributed by atoms with Crippen molar-refractivity contribution >= 4 is 5.91 Å². The largest absolute Gasteiger partial charge is 0.394 e. The van der Waals surface area contributed by atoms with Crippen LogP contribution in [-0.4, -0.2) is 23.7 Å². The Balaban J connectivity index is 2.75. The molecule has 2 N–H and O–H groups in total. The van der Waals surface area contributed by atoms with E-state index in [0.29, 0.717) is 5.56 Å². The number of hydrogen-bond donors (Lipinski definition) is 2. The normalized spacial score (nSPS) is 12.2. The summed E-state index contributed by atoms with van der Waals surface area (Å²) in [7, 11) is 0. The summed E-state index contributed by atoms with van der Waals surface area (Å²) < 4.78 is 0. The number of aliphatic hydroxyl groups is 1. The summed E-state index contributed by atoms with van der Waals surface area (Å²) in [5, 5.41) is 11.5. The first-order valence-electron chi connectivity index (χ1n) is 4.62. The summed E-state index contributed by atoms with van der Waals surface area (Å²) in [6.45, 7) is 3.60. The van der Waals surface area contributed by atoms with Crippen molar-refractivity contribution in [1.82, 2.24) is 5.32 Å². The molecule has 1 aromatic rings. The molecule has 0 aliphatic carbocycles. The first kappa shape index (κ1) is 10.7. The predicted octanol–water partition coefficient (Wildman–Crippen LogP) is 1.11. The number of carbonyl (C=O) groups is 1. The molecule has 0 radical (unpaired) electrons. The fraction of sp³-hybridized carbons (Fsp3) is 0.364. The molecule has 3 heteroatoms. The van der Waals surface area contributed by atoms with Crippen molar-refractivity contribution in [1.29, 1.82) is 0 Å². The Bertz CT molecular complexity index is 323. The number of benzene rings is 1. The predicted molar refractivity (Wildman–Crippen MR) is 55.2 cm³/mol. The van der Waals surface area contributed by atoms with Gasteiger partial charge in [0.15, 0.2) is 0 Å². The molecule has 1 atom stereocenters. The van der Waals surface area contributed by atoms with Crippen molar-refractivity contribution in [3.63, 3.8) is 0 Å². The van der Waals surface area contributed by atoms with Gasteiger partial charge in [-0.15, -0.1) is 0 Å². The quantitative estimate of drug-likeness (QED) is 0.755. The summed E-state index contributed by atoms with van der Waals surface area (Å²) in [5.74, 6) is -0.135. The van der Waals surface area contributed by atoms with Gasteiger partial charge in [0.1, 0.15) is 0 Å². The summed E-state index contributed by atoms with van der Waals surface area (Å²) in [6, 6.07) is 7.17. The summed E-state index contributed by atoms with van der Waals surface area (Å²) in [4.78, 5) is 11.6. The number of hydrogen-bond acceptors (Lipinski definition) is 2. The van der Waals surface area contributed by atoms with E-state index in [1.54, 1.807) is 13.0 Å². The van der Waals surface area contributed by atoms with Gasteiger partial charge < -0.3 is 10.4 Å². The maximum absolute atomic E-state index is 11.6. The Kier molecular flexibility index (Phi) is 3.65. The van der Waals surface area contributed by atoms with E-state index < -0.39 is 0 Å². The third-order valence-corrected chi connectivity index (χ3v) is 2.04. The van der Waals surface area contributed by atoms with Crippen LogP contribution in [0.25, 0.3) is 0 Å². The Hall–Kier alpha value is -1.35. The molecular weight excluding hydrogens is 178 g/mol. The lowest BCUT2D eigenvalue weighted by atomic mass is 10.1. The van der Waals surface area contributed by atoms with Gasteiger partial charge in [0.2, 0.25) is 0 Å². The molecular formula is C11H15NO2. The first-order valence-corrected chi connectivity index (χ1v) is 4.62. The van der Waals surface area contributed by atoms with E-state index in [-0.39, 0.29) is 18.6 Å². The van der Waals surface area contributed by atoms with Crippen LogP contribution in [0.3, 0.4) is 0 Å². The highest BCUT2D eigenvalue weighted by Crippen LogP contribution is 2.06. The zero-order chi connectivity index (χ0) is 10.6. The second-order valence-electron chi connectivity index (χ2n) is 3.37. The molecule has 0 unspecified atom stereocenters. The van der Waals surface area contributed by atoms with Gasteiger partial charge in [0.25, 0.3) is 5.91 Å². The fourth-order valence-electron chi connectivity index (χ4n) is 1.17. The lowest BCUT2D eigenvalue weighted by Gasteiger charge is -2.11. The Morgan fingerprint density at radius 2 is 2.14 bits per heavy atom. The van der Waals surface area contributed by atoms with Crippen molar-refractivity contribution in [2.24, 2.45) is 0 Å². The number of aliphatic hydroxyl groups excluding tert-OH is 1. The molecule has 0 saturated carbocycles. The van der Waals surface area contributed by atoms with E-state index in [4.69, 9.17) is 5.11 Å². The number of rotatable bonds is 3. The van der Waals surface area contributed by atoms with Gasteiger partial charge in [-0.25, -0.2) is 0 Å². The molecule has 0 aliphatic heterocycles. The van der Waals surface area contributed by atoms with Crippen LogP contribution < -0.4 is 5.32 Å². The maximum Gasteiger partial charge on any atom is 0.251 e. The molecule has 0 bridgehead atoms. The Morgan fingerprint density at radius 1 is 1.50 bits per heavy atom. The van der Waals surface area contributed by atoms with Crippen LogP contribution in [0.5, 0.6) is 0 Å². The maximum atomic E-state index is 11.6. The minimum absolute atomic E-state index is 0.0440. The van der Waals surface area contributed by atoms with Crippen LogP contribution in [0.1, 0.15) is 22.8 Å². The molecule has 0 saturated heterocycles.